The highest BCUT2D eigenvalue weighted by molar-refractivity contribution is 5.79. The Kier molecular flexibility index (Phi) is 6.04. The number of hydrogen-bond acceptors (Lipinski definition) is 4. The van der Waals surface area contributed by atoms with E-state index in [1.807, 2.05) is 11.0 Å². The molecule has 0 aromatic heterocycles. The summed E-state index contributed by atoms with van der Waals surface area (Å²) in [5, 5.41) is 9.04. The third-order valence-corrected chi connectivity index (χ3v) is 5.27. The monoisotopic (exact) mass is 345 g/mol. The minimum absolute atomic E-state index is 0.139. The zero-order valence-corrected chi connectivity index (χ0v) is 14.6. The summed E-state index contributed by atoms with van der Waals surface area (Å²) in [5.41, 5.74) is 1.33. The van der Waals surface area contributed by atoms with Crippen molar-refractivity contribution in [2.75, 3.05) is 45.8 Å². The van der Waals surface area contributed by atoms with Gasteiger partial charge in [-0.05, 0) is 18.4 Å². The Labute approximate surface area is 149 Å². The molecule has 2 aliphatic rings. The van der Waals surface area contributed by atoms with Gasteiger partial charge in [0.25, 0.3) is 0 Å². The first-order chi connectivity index (χ1) is 12.1. The predicted molar refractivity (Wildman–Crippen MR) is 95.1 cm³/mol. The van der Waals surface area contributed by atoms with Gasteiger partial charge in [0.2, 0.25) is 5.91 Å². The molecule has 0 unspecified atom stereocenters. The van der Waals surface area contributed by atoms with Crippen molar-refractivity contribution in [3.8, 4) is 0 Å². The van der Waals surface area contributed by atoms with Gasteiger partial charge >= 0.3 is 5.97 Å². The SMILES string of the molecule is O=C(O)C1CCN(C(=O)CN2CCN(Cc3ccccc3)CC2)CC1. The van der Waals surface area contributed by atoms with Gasteiger partial charge < -0.3 is 10.0 Å². The van der Waals surface area contributed by atoms with Crippen molar-refractivity contribution < 1.29 is 14.7 Å². The number of amides is 1. The Hall–Kier alpha value is -1.92. The Balaban J connectivity index is 1.39. The molecule has 0 bridgehead atoms. The summed E-state index contributed by atoms with van der Waals surface area (Å²) in [6.07, 6.45) is 1.15. The number of aliphatic carboxylic acids is 1. The van der Waals surface area contributed by atoms with E-state index in [9.17, 15) is 9.59 Å². The van der Waals surface area contributed by atoms with Crippen LogP contribution < -0.4 is 0 Å². The second-order valence-corrected chi connectivity index (χ2v) is 7.03. The summed E-state index contributed by atoms with van der Waals surface area (Å²) in [5.74, 6) is -0.882. The van der Waals surface area contributed by atoms with Crippen LogP contribution in [0.5, 0.6) is 0 Å². The van der Waals surface area contributed by atoms with E-state index < -0.39 is 5.97 Å². The van der Waals surface area contributed by atoms with Gasteiger partial charge in [-0.25, -0.2) is 0 Å². The molecule has 1 amide bonds. The van der Waals surface area contributed by atoms with Gasteiger partial charge in [-0.2, -0.15) is 0 Å². The van der Waals surface area contributed by atoms with E-state index in [1.165, 1.54) is 5.56 Å². The van der Waals surface area contributed by atoms with E-state index in [0.717, 1.165) is 32.7 Å². The fourth-order valence-electron chi connectivity index (χ4n) is 3.61. The predicted octanol–water partition coefficient (Wildman–Crippen LogP) is 1.13. The van der Waals surface area contributed by atoms with Gasteiger partial charge in [-0.3, -0.25) is 19.4 Å². The third-order valence-electron chi connectivity index (χ3n) is 5.27. The molecule has 0 spiro atoms. The van der Waals surface area contributed by atoms with Crippen molar-refractivity contribution in [1.29, 1.82) is 0 Å². The number of piperidine rings is 1. The lowest BCUT2D eigenvalue weighted by Crippen LogP contribution is -2.51. The molecule has 0 saturated carbocycles. The maximum absolute atomic E-state index is 12.4. The first kappa shape index (κ1) is 17.9. The topological polar surface area (TPSA) is 64.1 Å². The second kappa shape index (κ2) is 8.45. The van der Waals surface area contributed by atoms with Crippen molar-refractivity contribution in [1.82, 2.24) is 14.7 Å². The standard InChI is InChI=1S/C19H27N3O3/c23-18(22-8-6-17(7-9-22)19(24)25)15-21-12-10-20(11-13-21)14-16-4-2-1-3-5-16/h1-5,17H,6-15H2,(H,24,25). The lowest BCUT2D eigenvalue weighted by Gasteiger charge is -2.36. The number of nitrogens with zero attached hydrogens (tertiary/aromatic N) is 3. The number of piperazine rings is 1. The lowest BCUT2D eigenvalue weighted by molar-refractivity contribution is -0.146. The highest BCUT2D eigenvalue weighted by Crippen LogP contribution is 2.17. The molecule has 1 aromatic rings. The molecule has 2 aliphatic heterocycles. The zero-order chi connectivity index (χ0) is 17.6. The summed E-state index contributed by atoms with van der Waals surface area (Å²) in [4.78, 5) is 29.9. The third kappa shape index (κ3) is 5.03. The molecule has 0 aliphatic carbocycles. The van der Waals surface area contributed by atoms with E-state index in [2.05, 4.69) is 34.1 Å². The van der Waals surface area contributed by atoms with Crippen LogP contribution >= 0.6 is 0 Å². The van der Waals surface area contributed by atoms with Gasteiger partial charge in [0.1, 0.15) is 0 Å². The molecule has 136 valence electrons. The van der Waals surface area contributed by atoms with Crippen LogP contribution in [0.1, 0.15) is 18.4 Å². The molecular weight excluding hydrogens is 318 g/mol. The average Bonchev–Trinajstić information content (AvgIpc) is 2.64. The Morgan fingerprint density at radius 2 is 1.52 bits per heavy atom. The van der Waals surface area contributed by atoms with E-state index >= 15 is 0 Å². The average molecular weight is 345 g/mol. The first-order valence-electron chi connectivity index (χ1n) is 9.11. The molecule has 2 saturated heterocycles. The fraction of sp³-hybridized carbons (Fsp3) is 0.579. The molecular formula is C19H27N3O3. The Morgan fingerprint density at radius 1 is 0.920 bits per heavy atom. The van der Waals surface area contributed by atoms with Crippen molar-refractivity contribution in [3.63, 3.8) is 0 Å². The molecule has 25 heavy (non-hydrogen) atoms. The first-order valence-corrected chi connectivity index (χ1v) is 9.11. The second-order valence-electron chi connectivity index (χ2n) is 7.03. The summed E-state index contributed by atoms with van der Waals surface area (Å²) >= 11 is 0. The highest BCUT2D eigenvalue weighted by Gasteiger charge is 2.28. The molecule has 3 rings (SSSR count). The van der Waals surface area contributed by atoms with E-state index in [1.54, 1.807) is 0 Å². The van der Waals surface area contributed by atoms with Gasteiger partial charge in [0.05, 0.1) is 12.5 Å². The maximum Gasteiger partial charge on any atom is 0.306 e. The van der Waals surface area contributed by atoms with Gasteiger partial charge in [0, 0.05) is 45.8 Å². The highest BCUT2D eigenvalue weighted by atomic mass is 16.4. The largest absolute Gasteiger partial charge is 0.481 e. The lowest BCUT2D eigenvalue weighted by atomic mass is 9.97. The number of carboxylic acid groups (broad SMARTS) is 1. The van der Waals surface area contributed by atoms with Crippen LogP contribution in [0.2, 0.25) is 0 Å². The molecule has 2 fully saturated rings. The number of hydrogen-bond donors (Lipinski definition) is 1. The van der Waals surface area contributed by atoms with Crippen LogP contribution in [0.25, 0.3) is 0 Å². The minimum atomic E-state index is -0.735. The van der Waals surface area contributed by atoms with Gasteiger partial charge in [0.15, 0.2) is 0 Å². The smallest absolute Gasteiger partial charge is 0.306 e. The summed E-state index contributed by atoms with van der Waals surface area (Å²) < 4.78 is 0. The van der Waals surface area contributed by atoms with Crippen molar-refractivity contribution >= 4 is 11.9 Å². The van der Waals surface area contributed by atoms with Gasteiger partial charge in [-0.1, -0.05) is 30.3 Å². The van der Waals surface area contributed by atoms with E-state index in [0.29, 0.717) is 32.5 Å². The quantitative estimate of drug-likeness (QED) is 0.867. The van der Waals surface area contributed by atoms with Crippen LogP contribution in [0.15, 0.2) is 30.3 Å². The molecule has 2 heterocycles. The van der Waals surface area contributed by atoms with Crippen LogP contribution in [-0.2, 0) is 16.1 Å². The fourth-order valence-corrected chi connectivity index (χ4v) is 3.61. The van der Waals surface area contributed by atoms with E-state index in [-0.39, 0.29) is 11.8 Å². The summed E-state index contributed by atoms with van der Waals surface area (Å²) in [7, 11) is 0. The maximum atomic E-state index is 12.4. The molecule has 6 nitrogen and oxygen atoms in total. The molecule has 1 N–H and O–H groups in total. The molecule has 0 radical (unpaired) electrons. The van der Waals surface area contributed by atoms with E-state index in [4.69, 9.17) is 5.11 Å². The summed E-state index contributed by atoms with van der Waals surface area (Å²) in [6, 6.07) is 10.5. The van der Waals surface area contributed by atoms with Crippen LogP contribution in [0.3, 0.4) is 0 Å². The molecule has 6 heteroatoms. The minimum Gasteiger partial charge on any atom is -0.481 e. The number of rotatable bonds is 5. The Morgan fingerprint density at radius 3 is 2.12 bits per heavy atom. The molecule has 0 atom stereocenters. The normalized spacial score (nSPS) is 20.6. The van der Waals surface area contributed by atoms with Gasteiger partial charge in [-0.15, -0.1) is 0 Å². The number of carbonyl (C=O) groups is 2. The number of carbonyl (C=O) groups excluding carboxylic acids is 1. The zero-order valence-electron chi connectivity index (χ0n) is 14.6. The Bertz CT molecular complexity index is 577. The number of carboxylic acids is 1. The number of likely N-dealkylation sites (tertiary alicyclic amines) is 1. The van der Waals surface area contributed by atoms with Crippen molar-refractivity contribution in [3.05, 3.63) is 35.9 Å². The van der Waals surface area contributed by atoms with Crippen LogP contribution in [0, 0.1) is 5.92 Å². The van der Waals surface area contributed by atoms with Crippen molar-refractivity contribution in [2.24, 2.45) is 5.92 Å². The summed E-state index contributed by atoms with van der Waals surface area (Å²) in [6.45, 7) is 6.33. The molecule has 1 aromatic carbocycles. The van der Waals surface area contributed by atoms with Crippen molar-refractivity contribution in [2.45, 2.75) is 19.4 Å². The van der Waals surface area contributed by atoms with Crippen LogP contribution in [0.4, 0.5) is 0 Å². The number of benzene rings is 1. The van der Waals surface area contributed by atoms with Crippen LogP contribution in [-0.4, -0.2) is 77.5 Å².